The van der Waals surface area contributed by atoms with Crippen molar-refractivity contribution in [2.45, 2.75) is 20.3 Å². The molecular formula is C18H15NO7. The molecule has 26 heavy (non-hydrogen) atoms. The molecule has 2 rings (SSSR count). The van der Waals surface area contributed by atoms with E-state index in [-0.39, 0.29) is 17.7 Å². The number of carbonyl (C=O) groups is 3. The van der Waals surface area contributed by atoms with Gasteiger partial charge in [0.25, 0.3) is 5.75 Å². The van der Waals surface area contributed by atoms with Gasteiger partial charge >= 0.3 is 17.6 Å². The summed E-state index contributed by atoms with van der Waals surface area (Å²) in [5.41, 5.74) is 0.0429. The fourth-order valence-electron chi connectivity index (χ4n) is 2.24. The highest BCUT2D eigenvalue weighted by Gasteiger charge is 2.27. The fourth-order valence-corrected chi connectivity index (χ4v) is 2.24. The van der Waals surface area contributed by atoms with E-state index in [4.69, 9.17) is 9.47 Å². The summed E-state index contributed by atoms with van der Waals surface area (Å²) in [6, 6.07) is 11.0. The van der Waals surface area contributed by atoms with Crippen molar-refractivity contribution in [3.05, 3.63) is 63.7 Å². The van der Waals surface area contributed by atoms with E-state index in [1.165, 1.54) is 0 Å². The number of rotatable bonds is 6. The topological polar surface area (TPSA) is 113 Å². The molecule has 0 radical (unpaired) electrons. The number of benzene rings is 2. The van der Waals surface area contributed by atoms with Gasteiger partial charge in [-0.2, -0.15) is 0 Å². The van der Waals surface area contributed by atoms with Crippen LogP contribution >= 0.6 is 0 Å². The van der Waals surface area contributed by atoms with Gasteiger partial charge in [0.05, 0.1) is 4.92 Å². The van der Waals surface area contributed by atoms with Gasteiger partial charge in [-0.3, -0.25) is 24.5 Å². The summed E-state index contributed by atoms with van der Waals surface area (Å²) < 4.78 is 9.73. The van der Waals surface area contributed by atoms with Crippen LogP contribution in [0, 0.1) is 10.1 Å². The second-order valence-electron chi connectivity index (χ2n) is 5.35. The van der Waals surface area contributed by atoms with E-state index < -0.39 is 34.1 Å². The number of hydrogen-bond donors (Lipinski definition) is 0. The summed E-state index contributed by atoms with van der Waals surface area (Å²) in [6.45, 7) is 2.14. The molecule has 0 heterocycles. The highest BCUT2D eigenvalue weighted by atomic mass is 16.6. The van der Waals surface area contributed by atoms with Crippen LogP contribution in [0.5, 0.6) is 11.5 Å². The van der Waals surface area contributed by atoms with Crippen molar-refractivity contribution < 1.29 is 28.8 Å². The zero-order valence-electron chi connectivity index (χ0n) is 14.1. The van der Waals surface area contributed by atoms with Crippen molar-refractivity contribution in [2.24, 2.45) is 0 Å². The predicted octanol–water partition coefficient (Wildman–Crippen LogP) is 2.87. The summed E-state index contributed by atoms with van der Waals surface area (Å²) >= 11 is 0. The molecule has 0 unspecified atom stereocenters. The Hall–Kier alpha value is -3.55. The highest BCUT2D eigenvalue weighted by Crippen LogP contribution is 2.39. The summed E-state index contributed by atoms with van der Waals surface area (Å²) in [4.78, 5) is 45.5. The van der Waals surface area contributed by atoms with Crippen molar-refractivity contribution in [1.82, 2.24) is 0 Å². The predicted molar refractivity (Wildman–Crippen MR) is 90.2 cm³/mol. The van der Waals surface area contributed by atoms with Crippen LogP contribution in [0.4, 0.5) is 5.69 Å². The van der Waals surface area contributed by atoms with Gasteiger partial charge in [-0.1, -0.05) is 30.3 Å². The normalized spacial score (nSPS) is 10.1. The number of ether oxygens (including phenoxy) is 2. The Bertz CT molecular complexity index is 875. The summed E-state index contributed by atoms with van der Waals surface area (Å²) in [5.74, 6) is -2.90. The maximum atomic E-state index is 12.5. The Kier molecular flexibility index (Phi) is 5.79. The van der Waals surface area contributed by atoms with Gasteiger partial charge < -0.3 is 9.47 Å². The standard InChI is InChI=1S/C18H15NO7/c1-11(20)25-17-10-14(16(22)8-13-6-4-3-5-7-13)9-15(19(23)24)18(17)26-12(2)21/h3-7,9-10H,8H2,1-2H3. The Balaban J connectivity index is 2.51. The lowest BCUT2D eigenvalue weighted by atomic mass is 10.0. The van der Waals surface area contributed by atoms with E-state index >= 15 is 0 Å². The molecule has 0 aromatic heterocycles. The Morgan fingerprint density at radius 2 is 1.62 bits per heavy atom. The molecule has 0 aliphatic heterocycles. The molecule has 0 bridgehead atoms. The third-order valence-corrected chi connectivity index (χ3v) is 3.26. The maximum Gasteiger partial charge on any atom is 0.316 e. The van der Waals surface area contributed by atoms with E-state index in [1.54, 1.807) is 30.3 Å². The number of carbonyl (C=O) groups excluding carboxylic acids is 3. The largest absolute Gasteiger partial charge is 0.422 e. The zero-order valence-corrected chi connectivity index (χ0v) is 14.1. The van der Waals surface area contributed by atoms with E-state index in [0.29, 0.717) is 0 Å². The lowest BCUT2D eigenvalue weighted by molar-refractivity contribution is -0.385. The second kappa shape index (κ2) is 8.02. The van der Waals surface area contributed by atoms with Crippen LogP contribution in [0.1, 0.15) is 29.8 Å². The molecule has 2 aromatic rings. The van der Waals surface area contributed by atoms with Crippen LogP contribution < -0.4 is 9.47 Å². The molecule has 0 saturated heterocycles. The van der Waals surface area contributed by atoms with Gasteiger partial charge in [-0.05, 0) is 11.6 Å². The van der Waals surface area contributed by atoms with Crippen LogP contribution in [0.3, 0.4) is 0 Å². The quantitative estimate of drug-likeness (QED) is 0.257. The number of nitrogens with zero attached hydrogens (tertiary/aromatic N) is 1. The first-order chi connectivity index (χ1) is 12.3. The monoisotopic (exact) mass is 357 g/mol. The van der Waals surface area contributed by atoms with Gasteiger partial charge in [0, 0.05) is 31.9 Å². The first-order valence-corrected chi connectivity index (χ1v) is 7.54. The van der Waals surface area contributed by atoms with Crippen molar-refractivity contribution in [1.29, 1.82) is 0 Å². The molecule has 8 heteroatoms. The first-order valence-electron chi connectivity index (χ1n) is 7.54. The Morgan fingerprint density at radius 1 is 1.00 bits per heavy atom. The molecule has 0 aliphatic rings. The Morgan fingerprint density at radius 3 is 2.15 bits per heavy atom. The number of hydrogen-bond acceptors (Lipinski definition) is 7. The molecule has 0 fully saturated rings. The van der Waals surface area contributed by atoms with E-state index in [2.05, 4.69) is 0 Å². The molecular weight excluding hydrogens is 342 g/mol. The van der Waals surface area contributed by atoms with Gasteiger partial charge in [0.15, 0.2) is 11.5 Å². The minimum atomic E-state index is -0.829. The van der Waals surface area contributed by atoms with Crippen LogP contribution in [0.15, 0.2) is 42.5 Å². The highest BCUT2D eigenvalue weighted by molar-refractivity contribution is 5.99. The second-order valence-corrected chi connectivity index (χ2v) is 5.35. The average molecular weight is 357 g/mol. The van der Waals surface area contributed by atoms with Gasteiger partial charge in [0.2, 0.25) is 0 Å². The van der Waals surface area contributed by atoms with Gasteiger partial charge in [-0.15, -0.1) is 0 Å². The van der Waals surface area contributed by atoms with Crippen molar-refractivity contribution in [2.75, 3.05) is 0 Å². The van der Waals surface area contributed by atoms with Crippen LogP contribution in [0.25, 0.3) is 0 Å². The number of nitro groups is 1. The van der Waals surface area contributed by atoms with Crippen LogP contribution in [-0.2, 0) is 16.0 Å². The lowest BCUT2D eigenvalue weighted by Gasteiger charge is -2.11. The molecule has 0 atom stereocenters. The molecule has 0 amide bonds. The molecule has 0 aliphatic carbocycles. The van der Waals surface area contributed by atoms with Crippen LogP contribution in [0.2, 0.25) is 0 Å². The minimum absolute atomic E-state index is 0.00438. The smallest absolute Gasteiger partial charge is 0.316 e. The SMILES string of the molecule is CC(=O)Oc1cc(C(=O)Cc2ccccc2)cc([N+](=O)[O-])c1OC(C)=O. The van der Waals surface area contributed by atoms with E-state index in [0.717, 1.165) is 31.5 Å². The summed E-state index contributed by atoms with van der Waals surface area (Å²) in [5, 5.41) is 11.3. The third kappa shape index (κ3) is 4.73. The molecule has 0 spiro atoms. The number of nitro benzene ring substituents is 1. The first kappa shape index (κ1) is 18.8. The van der Waals surface area contributed by atoms with Crippen molar-refractivity contribution in [3.63, 3.8) is 0 Å². The molecule has 0 N–H and O–H groups in total. The van der Waals surface area contributed by atoms with Crippen LogP contribution in [-0.4, -0.2) is 22.6 Å². The summed E-state index contributed by atoms with van der Waals surface area (Å²) in [7, 11) is 0. The average Bonchev–Trinajstić information content (AvgIpc) is 2.55. The Labute approximate surface area is 148 Å². The maximum absolute atomic E-state index is 12.5. The summed E-state index contributed by atoms with van der Waals surface area (Å²) in [6.07, 6.45) is 0.00438. The number of Topliss-reactive ketones (excluding diaryl/α,β-unsaturated/α-hetero) is 1. The molecule has 0 saturated carbocycles. The zero-order chi connectivity index (χ0) is 19.3. The number of ketones is 1. The third-order valence-electron chi connectivity index (χ3n) is 3.26. The van der Waals surface area contributed by atoms with E-state index in [1.807, 2.05) is 0 Å². The lowest BCUT2D eigenvalue weighted by Crippen LogP contribution is -2.11. The molecule has 8 nitrogen and oxygen atoms in total. The number of esters is 2. The van der Waals surface area contributed by atoms with Crippen molar-refractivity contribution in [3.8, 4) is 11.5 Å². The van der Waals surface area contributed by atoms with Gasteiger partial charge in [0.1, 0.15) is 0 Å². The van der Waals surface area contributed by atoms with Gasteiger partial charge in [-0.25, -0.2) is 0 Å². The molecule has 134 valence electrons. The minimum Gasteiger partial charge on any atom is -0.422 e. The fraction of sp³-hybridized carbons (Fsp3) is 0.167. The molecule has 2 aromatic carbocycles. The van der Waals surface area contributed by atoms with Crippen molar-refractivity contribution >= 4 is 23.4 Å². The van der Waals surface area contributed by atoms with E-state index in [9.17, 15) is 24.5 Å².